The van der Waals surface area contributed by atoms with Gasteiger partial charge in [0.2, 0.25) is 0 Å². The number of benzene rings is 2. The normalized spacial score (nSPS) is 13.0. The number of hydrogen-bond acceptors (Lipinski definition) is 1. The van der Waals surface area contributed by atoms with Crippen LogP contribution >= 0.6 is 0 Å². The first-order valence-corrected chi connectivity index (χ1v) is 8.17. The van der Waals surface area contributed by atoms with Gasteiger partial charge in [-0.15, -0.1) is 0 Å². The topological polar surface area (TPSA) is 12.9 Å². The van der Waals surface area contributed by atoms with E-state index in [2.05, 4.69) is 82.3 Å². The first-order chi connectivity index (χ1) is 10.9. The first kappa shape index (κ1) is 14.2. The second-order valence-corrected chi connectivity index (χ2v) is 7.45. The molecule has 3 aromatic rings. The Hall–Kier alpha value is -2.41. The molecule has 0 N–H and O–H groups in total. The zero-order valence-corrected chi connectivity index (χ0v) is 14.1. The van der Waals surface area contributed by atoms with Crippen LogP contribution in [0.25, 0.3) is 34.3 Å². The standard InChI is InChI=1S/C22H21N/c1-14-5-12-19-21-16(8-11-18(14)21)13-20(23-19)15-6-9-17(10-7-15)22(2,3)4/h5-13H,1-4H3. The van der Waals surface area contributed by atoms with Gasteiger partial charge in [0, 0.05) is 10.9 Å². The summed E-state index contributed by atoms with van der Waals surface area (Å²) in [6.07, 6.45) is 4.42. The Morgan fingerprint density at radius 3 is 2.30 bits per heavy atom. The fourth-order valence-corrected chi connectivity index (χ4v) is 3.30. The van der Waals surface area contributed by atoms with Gasteiger partial charge in [-0.25, -0.2) is 4.98 Å². The molecule has 1 aromatic heterocycles. The van der Waals surface area contributed by atoms with Crippen LogP contribution in [0.5, 0.6) is 0 Å². The highest BCUT2D eigenvalue weighted by Crippen LogP contribution is 2.35. The fourth-order valence-electron chi connectivity index (χ4n) is 3.30. The van der Waals surface area contributed by atoms with E-state index in [4.69, 9.17) is 4.98 Å². The van der Waals surface area contributed by atoms with E-state index < -0.39 is 0 Å². The molecule has 0 aliphatic heterocycles. The third-order valence-corrected chi connectivity index (χ3v) is 4.74. The molecule has 4 rings (SSSR count). The number of aromatic nitrogens is 1. The maximum absolute atomic E-state index is 4.90. The van der Waals surface area contributed by atoms with Crippen molar-refractivity contribution in [2.45, 2.75) is 33.1 Å². The molecule has 0 atom stereocenters. The molecule has 0 saturated heterocycles. The molecule has 0 spiro atoms. The van der Waals surface area contributed by atoms with Gasteiger partial charge in [0.15, 0.2) is 0 Å². The second kappa shape index (κ2) is 4.79. The van der Waals surface area contributed by atoms with Crippen LogP contribution in [0.1, 0.15) is 43.0 Å². The predicted molar refractivity (Wildman–Crippen MR) is 99.5 cm³/mol. The third-order valence-electron chi connectivity index (χ3n) is 4.74. The van der Waals surface area contributed by atoms with Gasteiger partial charge in [0.1, 0.15) is 0 Å². The van der Waals surface area contributed by atoms with Crippen LogP contribution in [0.2, 0.25) is 0 Å². The summed E-state index contributed by atoms with van der Waals surface area (Å²) in [7, 11) is 0. The van der Waals surface area contributed by atoms with Crippen molar-refractivity contribution in [3.8, 4) is 11.3 Å². The van der Waals surface area contributed by atoms with E-state index in [0.29, 0.717) is 0 Å². The number of aryl methyl sites for hydroxylation is 1. The summed E-state index contributed by atoms with van der Waals surface area (Å²) >= 11 is 0. The van der Waals surface area contributed by atoms with Crippen molar-refractivity contribution in [3.63, 3.8) is 0 Å². The van der Waals surface area contributed by atoms with Crippen molar-refractivity contribution in [2.24, 2.45) is 0 Å². The van der Waals surface area contributed by atoms with Crippen LogP contribution in [0.3, 0.4) is 0 Å². The Kier molecular flexibility index (Phi) is 2.96. The minimum atomic E-state index is 0.179. The molecular weight excluding hydrogens is 278 g/mol. The molecule has 0 saturated carbocycles. The summed E-state index contributed by atoms with van der Waals surface area (Å²) in [5.41, 5.74) is 8.76. The lowest BCUT2D eigenvalue weighted by Crippen LogP contribution is -2.10. The van der Waals surface area contributed by atoms with E-state index in [1.807, 2.05) is 0 Å². The maximum atomic E-state index is 4.90. The number of pyridine rings is 1. The highest BCUT2D eigenvalue weighted by molar-refractivity contribution is 6.05. The monoisotopic (exact) mass is 299 g/mol. The van der Waals surface area contributed by atoms with Crippen LogP contribution in [0, 0.1) is 6.92 Å². The minimum Gasteiger partial charge on any atom is -0.248 e. The molecule has 114 valence electrons. The average Bonchev–Trinajstić information content (AvgIpc) is 2.95. The smallest absolute Gasteiger partial charge is 0.0721 e. The van der Waals surface area contributed by atoms with Gasteiger partial charge in [-0.1, -0.05) is 63.3 Å². The first-order valence-electron chi connectivity index (χ1n) is 8.17. The van der Waals surface area contributed by atoms with Crippen LogP contribution in [-0.2, 0) is 5.41 Å². The average molecular weight is 299 g/mol. The molecule has 0 amide bonds. The molecular formula is C22H21N. The Bertz CT molecular complexity index is 938. The Labute approximate surface area is 137 Å². The number of rotatable bonds is 1. The van der Waals surface area contributed by atoms with E-state index in [1.54, 1.807) is 0 Å². The SMILES string of the molecule is Cc1ccc2nc(-c3ccc(C(C)(C)C)cc3)cc3c2c1C=C3. The van der Waals surface area contributed by atoms with Crippen molar-refractivity contribution in [3.05, 3.63) is 64.7 Å². The van der Waals surface area contributed by atoms with Crippen LogP contribution in [0.15, 0.2) is 42.5 Å². The molecule has 0 fully saturated rings. The van der Waals surface area contributed by atoms with Gasteiger partial charge < -0.3 is 0 Å². The maximum Gasteiger partial charge on any atom is 0.0721 e. The molecule has 1 heterocycles. The van der Waals surface area contributed by atoms with E-state index in [1.165, 1.54) is 33.2 Å². The number of hydrogen-bond donors (Lipinski definition) is 0. The third kappa shape index (κ3) is 2.28. The second-order valence-electron chi connectivity index (χ2n) is 7.45. The summed E-state index contributed by atoms with van der Waals surface area (Å²) in [5.74, 6) is 0. The molecule has 23 heavy (non-hydrogen) atoms. The fraction of sp³-hybridized carbons (Fsp3) is 0.227. The molecule has 1 aliphatic rings. The van der Waals surface area contributed by atoms with Gasteiger partial charge in [-0.2, -0.15) is 0 Å². The van der Waals surface area contributed by atoms with Crippen LogP contribution in [-0.4, -0.2) is 4.98 Å². The molecule has 0 radical (unpaired) electrons. The molecule has 0 bridgehead atoms. The van der Waals surface area contributed by atoms with Gasteiger partial charge in [-0.05, 0) is 46.7 Å². The zero-order chi connectivity index (χ0) is 16.2. The molecule has 0 unspecified atom stereocenters. The lowest BCUT2D eigenvalue weighted by atomic mass is 9.86. The largest absolute Gasteiger partial charge is 0.248 e. The van der Waals surface area contributed by atoms with Gasteiger partial charge >= 0.3 is 0 Å². The van der Waals surface area contributed by atoms with Crippen molar-refractivity contribution >= 4 is 23.1 Å². The van der Waals surface area contributed by atoms with Crippen molar-refractivity contribution < 1.29 is 0 Å². The lowest BCUT2D eigenvalue weighted by Gasteiger charge is -2.19. The summed E-state index contributed by atoms with van der Waals surface area (Å²) in [5, 5.41) is 1.29. The number of nitrogens with zero attached hydrogens (tertiary/aromatic N) is 1. The summed E-state index contributed by atoms with van der Waals surface area (Å²) in [4.78, 5) is 4.90. The van der Waals surface area contributed by atoms with Gasteiger partial charge in [-0.3, -0.25) is 0 Å². The molecule has 1 aliphatic carbocycles. The van der Waals surface area contributed by atoms with Crippen LogP contribution < -0.4 is 0 Å². The van der Waals surface area contributed by atoms with E-state index >= 15 is 0 Å². The van der Waals surface area contributed by atoms with E-state index in [0.717, 1.165) is 11.2 Å². The van der Waals surface area contributed by atoms with E-state index in [-0.39, 0.29) is 5.41 Å². The predicted octanol–water partition coefficient (Wildman–Crippen LogP) is 5.99. The van der Waals surface area contributed by atoms with Crippen LogP contribution in [0.4, 0.5) is 0 Å². The zero-order valence-electron chi connectivity index (χ0n) is 14.1. The molecule has 1 heteroatoms. The molecule has 2 aromatic carbocycles. The highest BCUT2D eigenvalue weighted by atomic mass is 14.7. The van der Waals surface area contributed by atoms with Crippen molar-refractivity contribution in [1.29, 1.82) is 0 Å². The molecule has 1 nitrogen and oxygen atoms in total. The summed E-state index contributed by atoms with van der Waals surface area (Å²) in [6.45, 7) is 8.88. The Morgan fingerprint density at radius 1 is 0.870 bits per heavy atom. The van der Waals surface area contributed by atoms with Crippen molar-refractivity contribution in [2.75, 3.05) is 0 Å². The Morgan fingerprint density at radius 2 is 1.61 bits per heavy atom. The van der Waals surface area contributed by atoms with Gasteiger partial charge in [0.25, 0.3) is 0 Å². The van der Waals surface area contributed by atoms with Gasteiger partial charge in [0.05, 0.1) is 11.2 Å². The quantitative estimate of drug-likeness (QED) is 0.420. The Balaban J connectivity index is 1.85. The minimum absolute atomic E-state index is 0.179. The van der Waals surface area contributed by atoms with Crippen molar-refractivity contribution in [1.82, 2.24) is 4.98 Å². The summed E-state index contributed by atoms with van der Waals surface area (Å²) < 4.78 is 0. The summed E-state index contributed by atoms with van der Waals surface area (Å²) in [6, 6.07) is 15.3. The lowest BCUT2D eigenvalue weighted by molar-refractivity contribution is 0.590. The highest BCUT2D eigenvalue weighted by Gasteiger charge is 2.16. The van der Waals surface area contributed by atoms with E-state index in [9.17, 15) is 0 Å².